The van der Waals surface area contributed by atoms with Gasteiger partial charge in [-0.1, -0.05) is 26.8 Å². The predicted molar refractivity (Wildman–Crippen MR) is 74.8 cm³/mol. The van der Waals surface area contributed by atoms with Gasteiger partial charge in [-0.05, 0) is 29.5 Å². The maximum Gasteiger partial charge on any atom is 0.129 e. The molecule has 0 bridgehead atoms. The van der Waals surface area contributed by atoms with Crippen LogP contribution in [0.4, 0.5) is 10.1 Å². The van der Waals surface area contributed by atoms with Crippen LogP contribution in [-0.4, -0.2) is 26.2 Å². The van der Waals surface area contributed by atoms with E-state index in [0.29, 0.717) is 0 Å². The quantitative estimate of drug-likeness (QED) is 0.887. The lowest BCUT2D eigenvalue weighted by atomic mass is 9.82. The van der Waals surface area contributed by atoms with Gasteiger partial charge in [0.2, 0.25) is 0 Å². The third-order valence-electron chi connectivity index (χ3n) is 4.05. The SMILES string of the molecule is CCC(C)(C)c1ccc(N2CCNCC2)cc1F. The summed E-state index contributed by atoms with van der Waals surface area (Å²) in [7, 11) is 0. The molecule has 100 valence electrons. The molecule has 2 nitrogen and oxygen atoms in total. The Balaban J connectivity index is 2.24. The Morgan fingerprint density at radius 2 is 1.94 bits per heavy atom. The van der Waals surface area contributed by atoms with Crippen LogP contribution in [-0.2, 0) is 5.41 Å². The largest absolute Gasteiger partial charge is 0.369 e. The molecule has 1 aliphatic rings. The fourth-order valence-electron chi connectivity index (χ4n) is 2.36. The van der Waals surface area contributed by atoms with Crippen LogP contribution in [0.25, 0.3) is 0 Å². The number of halogens is 1. The minimum Gasteiger partial charge on any atom is -0.369 e. The number of rotatable bonds is 3. The lowest BCUT2D eigenvalue weighted by Gasteiger charge is -2.31. The van der Waals surface area contributed by atoms with Crippen molar-refractivity contribution in [2.24, 2.45) is 0 Å². The summed E-state index contributed by atoms with van der Waals surface area (Å²) in [6.07, 6.45) is 0.941. The molecule has 0 aliphatic carbocycles. The summed E-state index contributed by atoms with van der Waals surface area (Å²) in [5.41, 5.74) is 1.74. The zero-order valence-corrected chi connectivity index (χ0v) is 11.6. The molecule has 0 atom stereocenters. The highest BCUT2D eigenvalue weighted by Gasteiger charge is 2.23. The van der Waals surface area contributed by atoms with E-state index in [9.17, 15) is 4.39 Å². The first-order valence-corrected chi connectivity index (χ1v) is 6.80. The van der Waals surface area contributed by atoms with Crippen molar-refractivity contribution in [3.8, 4) is 0 Å². The molecule has 0 amide bonds. The molecule has 1 saturated heterocycles. The van der Waals surface area contributed by atoms with E-state index < -0.39 is 0 Å². The Kier molecular flexibility index (Phi) is 3.91. The van der Waals surface area contributed by atoms with Crippen LogP contribution in [0.1, 0.15) is 32.8 Å². The summed E-state index contributed by atoms with van der Waals surface area (Å²) in [5.74, 6) is -0.0714. The van der Waals surface area contributed by atoms with E-state index in [1.165, 1.54) is 0 Å². The molecule has 0 aromatic heterocycles. The molecular weight excluding hydrogens is 227 g/mol. The minimum absolute atomic E-state index is 0.0714. The van der Waals surface area contributed by atoms with Crippen molar-refractivity contribution < 1.29 is 4.39 Å². The molecule has 1 aliphatic heterocycles. The number of benzene rings is 1. The number of anilines is 1. The Morgan fingerprint density at radius 1 is 1.28 bits per heavy atom. The second-order valence-electron chi connectivity index (χ2n) is 5.64. The molecule has 0 spiro atoms. The van der Waals surface area contributed by atoms with Crippen molar-refractivity contribution in [3.05, 3.63) is 29.6 Å². The average molecular weight is 250 g/mol. The van der Waals surface area contributed by atoms with Gasteiger partial charge in [-0.15, -0.1) is 0 Å². The first-order valence-electron chi connectivity index (χ1n) is 6.80. The second-order valence-corrected chi connectivity index (χ2v) is 5.64. The van der Waals surface area contributed by atoms with Crippen LogP contribution in [0.15, 0.2) is 18.2 Å². The molecule has 0 unspecified atom stereocenters. The summed E-state index contributed by atoms with van der Waals surface area (Å²) in [4.78, 5) is 2.24. The van der Waals surface area contributed by atoms with Gasteiger partial charge in [-0.3, -0.25) is 0 Å². The lowest BCUT2D eigenvalue weighted by molar-refractivity contribution is 0.469. The second kappa shape index (κ2) is 5.27. The van der Waals surface area contributed by atoms with Gasteiger partial charge in [0.25, 0.3) is 0 Å². The number of nitrogens with zero attached hydrogens (tertiary/aromatic N) is 1. The zero-order valence-electron chi connectivity index (χ0n) is 11.6. The fourth-order valence-corrected chi connectivity index (χ4v) is 2.36. The van der Waals surface area contributed by atoms with Gasteiger partial charge >= 0.3 is 0 Å². The van der Waals surface area contributed by atoms with E-state index in [2.05, 4.69) is 37.1 Å². The smallest absolute Gasteiger partial charge is 0.129 e. The van der Waals surface area contributed by atoms with Crippen LogP contribution in [0.5, 0.6) is 0 Å². The Bertz CT molecular complexity index is 409. The van der Waals surface area contributed by atoms with Crippen molar-refractivity contribution in [2.75, 3.05) is 31.1 Å². The number of hydrogen-bond acceptors (Lipinski definition) is 2. The van der Waals surface area contributed by atoms with Crippen molar-refractivity contribution >= 4 is 5.69 Å². The van der Waals surface area contributed by atoms with E-state index in [1.807, 2.05) is 6.07 Å². The standard InChI is InChI=1S/C15H23FN2/c1-4-15(2,3)13-6-5-12(11-14(13)16)18-9-7-17-8-10-18/h5-6,11,17H,4,7-10H2,1-3H3. The van der Waals surface area contributed by atoms with Crippen molar-refractivity contribution in [1.82, 2.24) is 5.32 Å². The topological polar surface area (TPSA) is 15.3 Å². The van der Waals surface area contributed by atoms with Crippen LogP contribution in [0.2, 0.25) is 0 Å². The molecular formula is C15H23FN2. The third kappa shape index (κ3) is 2.66. The van der Waals surface area contributed by atoms with Crippen LogP contribution >= 0.6 is 0 Å². The van der Waals surface area contributed by atoms with E-state index in [0.717, 1.165) is 43.9 Å². The highest BCUT2D eigenvalue weighted by atomic mass is 19.1. The molecule has 1 aromatic carbocycles. The summed E-state index contributed by atoms with van der Waals surface area (Å²) in [6, 6.07) is 5.70. The minimum atomic E-state index is -0.0912. The predicted octanol–water partition coefficient (Wildman–Crippen LogP) is 2.92. The maximum absolute atomic E-state index is 14.2. The average Bonchev–Trinajstić information content (AvgIpc) is 2.39. The lowest BCUT2D eigenvalue weighted by Crippen LogP contribution is -2.43. The van der Waals surface area contributed by atoms with Gasteiger partial charge in [-0.2, -0.15) is 0 Å². The van der Waals surface area contributed by atoms with Crippen LogP contribution in [0, 0.1) is 5.82 Å². The van der Waals surface area contributed by atoms with E-state index >= 15 is 0 Å². The van der Waals surface area contributed by atoms with Crippen molar-refractivity contribution in [2.45, 2.75) is 32.6 Å². The van der Waals surface area contributed by atoms with Crippen molar-refractivity contribution in [1.29, 1.82) is 0 Å². The molecule has 2 rings (SSSR count). The molecule has 0 saturated carbocycles. The third-order valence-corrected chi connectivity index (χ3v) is 4.05. The van der Waals surface area contributed by atoms with Gasteiger partial charge in [0.15, 0.2) is 0 Å². The molecule has 1 aromatic rings. The van der Waals surface area contributed by atoms with Gasteiger partial charge in [-0.25, -0.2) is 4.39 Å². The summed E-state index contributed by atoms with van der Waals surface area (Å²) >= 11 is 0. The van der Waals surface area contributed by atoms with Gasteiger partial charge in [0.1, 0.15) is 5.82 Å². The summed E-state index contributed by atoms with van der Waals surface area (Å²) < 4.78 is 14.2. The summed E-state index contributed by atoms with van der Waals surface area (Å²) in [6.45, 7) is 10.1. The first-order chi connectivity index (χ1) is 8.54. The molecule has 18 heavy (non-hydrogen) atoms. The van der Waals surface area contributed by atoms with E-state index in [-0.39, 0.29) is 11.2 Å². The first kappa shape index (κ1) is 13.3. The number of nitrogens with one attached hydrogen (secondary N) is 1. The Hall–Kier alpha value is -1.09. The van der Waals surface area contributed by atoms with Crippen molar-refractivity contribution in [3.63, 3.8) is 0 Å². The Labute approximate surface area is 109 Å². The number of piperazine rings is 1. The highest BCUT2D eigenvalue weighted by Crippen LogP contribution is 2.31. The van der Waals surface area contributed by atoms with Crippen LogP contribution in [0.3, 0.4) is 0 Å². The summed E-state index contributed by atoms with van der Waals surface area (Å²) in [5, 5.41) is 3.31. The van der Waals surface area contributed by atoms with E-state index in [1.54, 1.807) is 6.07 Å². The highest BCUT2D eigenvalue weighted by molar-refractivity contribution is 5.49. The monoisotopic (exact) mass is 250 g/mol. The normalized spacial score (nSPS) is 17.0. The number of hydrogen-bond donors (Lipinski definition) is 1. The van der Waals surface area contributed by atoms with Gasteiger partial charge < -0.3 is 10.2 Å². The molecule has 0 radical (unpaired) electrons. The Morgan fingerprint density at radius 3 is 2.50 bits per heavy atom. The molecule has 3 heteroatoms. The van der Waals surface area contributed by atoms with Crippen LogP contribution < -0.4 is 10.2 Å². The van der Waals surface area contributed by atoms with Gasteiger partial charge in [0.05, 0.1) is 0 Å². The molecule has 1 fully saturated rings. The molecule has 1 N–H and O–H groups in total. The zero-order chi connectivity index (χ0) is 13.2. The molecule has 1 heterocycles. The fraction of sp³-hybridized carbons (Fsp3) is 0.600. The van der Waals surface area contributed by atoms with Gasteiger partial charge in [0, 0.05) is 31.9 Å². The van der Waals surface area contributed by atoms with E-state index in [4.69, 9.17) is 0 Å². The maximum atomic E-state index is 14.2.